The van der Waals surface area contributed by atoms with Gasteiger partial charge in [-0.1, -0.05) is 78.9 Å². The van der Waals surface area contributed by atoms with Gasteiger partial charge in [0.1, 0.15) is 12.6 Å². The number of H-pyrrole nitrogens is 1. The van der Waals surface area contributed by atoms with Gasteiger partial charge in [0.2, 0.25) is 5.91 Å². The molecule has 2 amide bonds. The van der Waals surface area contributed by atoms with E-state index in [4.69, 9.17) is 4.74 Å². The van der Waals surface area contributed by atoms with Crippen LogP contribution in [0.1, 0.15) is 16.7 Å². The van der Waals surface area contributed by atoms with Gasteiger partial charge < -0.3 is 20.4 Å². The molecule has 162 valence electrons. The Labute approximate surface area is 186 Å². The minimum Gasteiger partial charge on any atom is -0.445 e. The second-order valence-electron chi connectivity index (χ2n) is 7.53. The van der Waals surface area contributed by atoms with Crippen molar-refractivity contribution in [2.24, 2.45) is 0 Å². The fourth-order valence-electron chi connectivity index (χ4n) is 3.54. The average molecular weight is 428 g/mol. The molecule has 0 unspecified atom stereocenters. The summed E-state index contributed by atoms with van der Waals surface area (Å²) in [5.74, 6) is -0.268. The lowest BCUT2D eigenvalue weighted by atomic mass is 10.0. The summed E-state index contributed by atoms with van der Waals surface area (Å²) in [5.41, 5.74) is 3.80. The lowest BCUT2D eigenvalue weighted by molar-refractivity contribution is -0.123. The number of ether oxygens (including phenoxy) is 1. The van der Waals surface area contributed by atoms with Crippen molar-refractivity contribution in [3.8, 4) is 0 Å². The Kier molecular flexibility index (Phi) is 6.82. The topological polar surface area (TPSA) is 83.2 Å². The van der Waals surface area contributed by atoms with E-state index in [1.54, 1.807) is 0 Å². The summed E-state index contributed by atoms with van der Waals surface area (Å²) >= 11 is 0. The molecule has 1 heterocycles. The van der Waals surface area contributed by atoms with Gasteiger partial charge >= 0.3 is 6.09 Å². The predicted molar refractivity (Wildman–Crippen MR) is 124 cm³/mol. The highest BCUT2D eigenvalue weighted by Gasteiger charge is 2.23. The minimum atomic E-state index is -0.777. The van der Waals surface area contributed by atoms with Gasteiger partial charge in [-0.25, -0.2) is 4.79 Å². The van der Waals surface area contributed by atoms with E-state index in [-0.39, 0.29) is 12.5 Å². The molecule has 1 atom stereocenters. The van der Waals surface area contributed by atoms with Gasteiger partial charge in [-0.2, -0.15) is 0 Å². The fraction of sp³-hybridized carbons (Fsp3) is 0.154. The van der Waals surface area contributed by atoms with Gasteiger partial charge in [0.15, 0.2) is 0 Å². The van der Waals surface area contributed by atoms with E-state index in [1.807, 2.05) is 91.1 Å². The number of hydrogen-bond donors (Lipinski definition) is 3. The van der Waals surface area contributed by atoms with E-state index in [2.05, 4.69) is 15.6 Å². The van der Waals surface area contributed by atoms with Crippen LogP contribution in [0.15, 0.2) is 91.1 Å². The molecule has 0 aliphatic heterocycles. The van der Waals surface area contributed by atoms with Gasteiger partial charge in [-0.3, -0.25) is 4.79 Å². The van der Waals surface area contributed by atoms with Gasteiger partial charge in [0.25, 0.3) is 0 Å². The Hall–Kier alpha value is -4.06. The molecule has 1 aromatic heterocycles. The van der Waals surface area contributed by atoms with Crippen LogP contribution in [-0.2, 0) is 29.1 Å². The molecule has 4 rings (SSSR count). The molecule has 3 aromatic carbocycles. The second-order valence-corrected chi connectivity index (χ2v) is 7.53. The zero-order chi connectivity index (χ0) is 22.2. The molecule has 0 radical (unpaired) electrons. The summed E-state index contributed by atoms with van der Waals surface area (Å²) in [5, 5.41) is 6.68. The maximum atomic E-state index is 13.0. The van der Waals surface area contributed by atoms with Crippen LogP contribution in [-0.4, -0.2) is 23.0 Å². The first-order valence-corrected chi connectivity index (χ1v) is 10.5. The monoisotopic (exact) mass is 427 g/mol. The van der Waals surface area contributed by atoms with Crippen LogP contribution in [0.5, 0.6) is 0 Å². The lowest BCUT2D eigenvalue weighted by Crippen LogP contribution is -2.48. The van der Waals surface area contributed by atoms with E-state index in [9.17, 15) is 9.59 Å². The van der Waals surface area contributed by atoms with Crippen molar-refractivity contribution < 1.29 is 14.3 Å². The molecule has 6 heteroatoms. The number of alkyl carbamates (subject to hydrolysis) is 1. The maximum absolute atomic E-state index is 13.0. The van der Waals surface area contributed by atoms with Crippen LogP contribution in [0.3, 0.4) is 0 Å². The van der Waals surface area contributed by atoms with Crippen LogP contribution in [0.2, 0.25) is 0 Å². The molecule has 0 bridgehead atoms. The molecule has 0 saturated carbocycles. The second kappa shape index (κ2) is 10.3. The number of aromatic nitrogens is 1. The number of fused-ring (bicyclic) bond motifs is 1. The number of rotatable bonds is 8. The molecule has 4 aromatic rings. The van der Waals surface area contributed by atoms with Crippen molar-refractivity contribution in [3.05, 3.63) is 108 Å². The van der Waals surface area contributed by atoms with Crippen LogP contribution in [0, 0.1) is 0 Å². The quantitative estimate of drug-likeness (QED) is 0.392. The third-order valence-corrected chi connectivity index (χ3v) is 5.23. The normalized spacial score (nSPS) is 11.6. The maximum Gasteiger partial charge on any atom is 0.408 e. The summed E-state index contributed by atoms with van der Waals surface area (Å²) < 4.78 is 5.34. The number of nitrogens with one attached hydrogen (secondary N) is 3. The van der Waals surface area contributed by atoms with Crippen molar-refractivity contribution in [1.82, 2.24) is 15.6 Å². The number of para-hydroxylation sites is 1. The average Bonchev–Trinajstić information content (AvgIpc) is 3.25. The van der Waals surface area contributed by atoms with E-state index in [0.717, 1.165) is 27.6 Å². The molecule has 32 heavy (non-hydrogen) atoms. The number of aromatic amines is 1. The Morgan fingerprint density at radius 1 is 0.844 bits per heavy atom. The van der Waals surface area contributed by atoms with Gasteiger partial charge in [-0.05, 0) is 22.8 Å². The van der Waals surface area contributed by atoms with Crippen molar-refractivity contribution in [2.45, 2.75) is 25.6 Å². The highest BCUT2D eigenvalue weighted by Crippen LogP contribution is 2.19. The summed E-state index contributed by atoms with van der Waals surface area (Å²) in [6, 6.07) is 26.2. The van der Waals surface area contributed by atoms with Gasteiger partial charge in [0, 0.05) is 30.1 Å². The van der Waals surface area contributed by atoms with Gasteiger partial charge in [0.05, 0.1) is 0 Å². The largest absolute Gasteiger partial charge is 0.445 e. The third-order valence-electron chi connectivity index (χ3n) is 5.23. The zero-order valence-corrected chi connectivity index (χ0v) is 17.6. The van der Waals surface area contributed by atoms with Crippen molar-refractivity contribution >= 4 is 22.9 Å². The number of carbonyl (C=O) groups is 2. The lowest BCUT2D eigenvalue weighted by Gasteiger charge is -2.18. The molecular formula is C26H25N3O3. The Morgan fingerprint density at radius 3 is 2.25 bits per heavy atom. The Balaban J connectivity index is 1.45. The van der Waals surface area contributed by atoms with Crippen LogP contribution in [0.4, 0.5) is 4.79 Å². The molecule has 3 N–H and O–H groups in total. The number of amides is 2. The molecule has 0 aliphatic rings. The summed E-state index contributed by atoms with van der Waals surface area (Å²) in [6.07, 6.45) is 1.58. The molecule has 0 aliphatic carbocycles. The fourth-order valence-corrected chi connectivity index (χ4v) is 3.54. The van der Waals surface area contributed by atoms with E-state index >= 15 is 0 Å². The summed E-state index contributed by atoms with van der Waals surface area (Å²) in [4.78, 5) is 28.7. The molecule has 0 saturated heterocycles. The molecular weight excluding hydrogens is 402 g/mol. The van der Waals surface area contributed by atoms with E-state index < -0.39 is 12.1 Å². The SMILES string of the molecule is O=C(N[C@H](Cc1c[nH]c2ccccc12)C(=O)NCc1ccccc1)OCc1ccccc1. The third kappa shape index (κ3) is 5.55. The number of benzene rings is 3. The summed E-state index contributed by atoms with van der Waals surface area (Å²) in [7, 11) is 0. The van der Waals surface area contributed by atoms with Crippen LogP contribution >= 0.6 is 0 Å². The molecule has 0 spiro atoms. The van der Waals surface area contributed by atoms with Crippen molar-refractivity contribution in [3.63, 3.8) is 0 Å². The first-order valence-electron chi connectivity index (χ1n) is 10.5. The first-order chi connectivity index (χ1) is 15.7. The predicted octanol–water partition coefficient (Wildman–Crippen LogP) is 4.32. The van der Waals surface area contributed by atoms with E-state index in [1.165, 1.54) is 0 Å². The van der Waals surface area contributed by atoms with Crippen LogP contribution in [0.25, 0.3) is 10.9 Å². The van der Waals surface area contributed by atoms with Gasteiger partial charge in [-0.15, -0.1) is 0 Å². The smallest absolute Gasteiger partial charge is 0.408 e. The van der Waals surface area contributed by atoms with Crippen molar-refractivity contribution in [2.75, 3.05) is 0 Å². The first kappa shape index (κ1) is 21.2. The van der Waals surface area contributed by atoms with Crippen LogP contribution < -0.4 is 10.6 Å². The number of carbonyl (C=O) groups excluding carboxylic acids is 2. The highest BCUT2D eigenvalue weighted by atomic mass is 16.5. The Morgan fingerprint density at radius 2 is 1.50 bits per heavy atom. The number of hydrogen-bond acceptors (Lipinski definition) is 3. The molecule has 6 nitrogen and oxygen atoms in total. The van der Waals surface area contributed by atoms with Crippen molar-refractivity contribution in [1.29, 1.82) is 0 Å². The summed E-state index contributed by atoms with van der Waals surface area (Å²) in [6.45, 7) is 0.517. The van der Waals surface area contributed by atoms with E-state index in [0.29, 0.717) is 13.0 Å². The zero-order valence-electron chi connectivity index (χ0n) is 17.6. The standard InChI is InChI=1S/C26H25N3O3/c30-25(28-16-19-9-3-1-4-10-19)24(15-21-17-27-23-14-8-7-13-22(21)23)29-26(31)32-18-20-11-5-2-6-12-20/h1-14,17,24,27H,15-16,18H2,(H,28,30)(H,29,31)/t24-/m1/s1. The molecule has 0 fully saturated rings. The minimum absolute atomic E-state index is 0.137. The highest BCUT2D eigenvalue weighted by molar-refractivity contribution is 5.88. The Bertz CT molecular complexity index is 1170.